The van der Waals surface area contributed by atoms with Crippen LogP contribution < -0.4 is 4.74 Å². The lowest BCUT2D eigenvalue weighted by atomic mass is 9.85. The summed E-state index contributed by atoms with van der Waals surface area (Å²) in [5.41, 5.74) is 3.55. The Bertz CT molecular complexity index is 621. The number of carbonyl (C=O) groups is 1. The van der Waals surface area contributed by atoms with E-state index in [9.17, 15) is 4.79 Å². The van der Waals surface area contributed by atoms with Crippen molar-refractivity contribution < 1.29 is 9.53 Å². The average molecular weight is 296 g/mol. The summed E-state index contributed by atoms with van der Waals surface area (Å²) in [5, 5.41) is 0. The van der Waals surface area contributed by atoms with Crippen LogP contribution in [0.15, 0.2) is 48.5 Å². The van der Waals surface area contributed by atoms with Crippen LogP contribution in [0.1, 0.15) is 43.4 Å². The summed E-state index contributed by atoms with van der Waals surface area (Å²) in [6.07, 6.45) is 1.70. The standard InChI is InChI=1S/C20H24O2/c1-20(2,3)17-11-9-15(10-12-17)13-16(14-21)18-7-5-6-8-19(18)22-4/h5-12,14,16H,13H2,1-4H3. The molecule has 2 aromatic carbocycles. The van der Waals surface area contributed by atoms with Crippen LogP contribution in [-0.4, -0.2) is 13.4 Å². The molecule has 0 heterocycles. The van der Waals surface area contributed by atoms with Gasteiger partial charge >= 0.3 is 0 Å². The van der Waals surface area contributed by atoms with E-state index in [2.05, 4.69) is 45.0 Å². The highest BCUT2D eigenvalue weighted by molar-refractivity contribution is 5.65. The SMILES string of the molecule is COc1ccccc1C(C=O)Cc1ccc(C(C)(C)C)cc1. The molecule has 0 fully saturated rings. The van der Waals surface area contributed by atoms with E-state index in [1.165, 1.54) is 5.56 Å². The maximum atomic E-state index is 11.5. The largest absolute Gasteiger partial charge is 0.496 e. The normalized spacial score (nSPS) is 12.7. The van der Waals surface area contributed by atoms with Crippen LogP contribution in [0, 0.1) is 0 Å². The number of rotatable bonds is 5. The van der Waals surface area contributed by atoms with Crippen molar-refractivity contribution in [2.24, 2.45) is 0 Å². The highest BCUT2D eigenvalue weighted by Gasteiger charge is 2.17. The summed E-state index contributed by atoms with van der Waals surface area (Å²) in [5.74, 6) is 0.586. The first-order chi connectivity index (χ1) is 10.5. The van der Waals surface area contributed by atoms with Crippen LogP contribution in [0.25, 0.3) is 0 Å². The Labute approximate surface area is 133 Å². The Hall–Kier alpha value is -2.09. The van der Waals surface area contributed by atoms with Crippen LogP contribution in [0.4, 0.5) is 0 Å². The third-order valence-corrected chi connectivity index (χ3v) is 3.98. The first-order valence-corrected chi connectivity index (χ1v) is 7.63. The Kier molecular flexibility index (Phi) is 5.02. The Balaban J connectivity index is 2.22. The third-order valence-electron chi connectivity index (χ3n) is 3.98. The van der Waals surface area contributed by atoms with Crippen LogP contribution >= 0.6 is 0 Å². The fourth-order valence-corrected chi connectivity index (χ4v) is 2.60. The van der Waals surface area contributed by atoms with Crippen molar-refractivity contribution in [2.75, 3.05) is 7.11 Å². The molecule has 0 saturated heterocycles. The summed E-state index contributed by atoms with van der Waals surface area (Å²) < 4.78 is 5.37. The van der Waals surface area contributed by atoms with E-state index < -0.39 is 0 Å². The summed E-state index contributed by atoms with van der Waals surface area (Å²) in [4.78, 5) is 11.5. The number of carbonyl (C=O) groups excluding carboxylic acids is 1. The fourth-order valence-electron chi connectivity index (χ4n) is 2.60. The maximum Gasteiger partial charge on any atom is 0.127 e. The molecule has 116 valence electrons. The van der Waals surface area contributed by atoms with Crippen molar-refractivity contribution in [2.45, 2.75) is 38.5 Å². The second-order valence-electron chi connectivity index (χ2n) is 6.64. The highest BCUT2D eigenvalue weighted by Crippen LogP contribution is 2.29. The molecule has 0 N–H and O–H groups in total. The van der Waals surface area contributed by atoms with Gasteiger partial charge in [0.15, 0.2) is 0 Å². The van der Waals surface area contributed by atoms with Gasteiger partial charge in [-0.3, -0.25) is 0 Å². The first kappa shape index (κ1) is 16.3. The van der Waals surface area contributed by atoms with Crippen molar-refractivity contribution >= 4 is 6.29 Å². The van der Waals surface area contributed by atoms with E-state index in [1.54, 1.807) is 7.11 Å². The molecule has 2 aromatic rings. The van der Waals surface area contributed by atoms with E-state index >= 15 is 0 Å². The van der Waals surface area contributed by atoms with Gasteiger partial charge in [0.25, 0.3) is 0 Å². The average Bonchev–Trinajstić information content (AvgIpc) is 2.52. The van der Waals surface area contributed by atoms with Crippen molar-refractivity contribution in [1.82, 2.24) is 0 Å². The molecular formula is C20H24O2. The molecule has 2 rings (SSSR count). The number of para-hydroxylation sites is 1. The Morgan fingerprint density at radius 1 is 1.05 bits per heavy atom. The number of methoxy groups -OCH3 is 1. The molecule has 0 saturated carbocycles. The van der Waals surface area contributed by atoms with Crippen LogP contribution in [-0.2, 0) is 16.6 Å². The number of hydrogen-bond donors (Lipinski definition) is 0. The summed E-state index contributed by atoms with van der Waals surface area (Å²) >= 11 is 0. The number of hydrogen-bond acceptors (Lipinski definition) is 2. The summed E-state index contributed by atoms with van der Waals surface area (Å²) in [7, 11) is 1.64. The van der Waals surface area contributed by atoms with Gasteiger partial charge in [-0.15, -0.1) is 0 Å². The summed E-state index contributed by atoms with van der Waals surface area (Å²) in [6.45, 7) is 6.60. The molecule has 1 atom stereocenters. The maximum absolute atomic E-state index is 11.5. The van der Waals surface area contributed by atoms with E-state index in [1.807, 2.05) is 24.3 Å². The molecule has 22 heavy (non-hydrogen) atoms. The topological polar surface area (TPSA) is 26.3 Å². The van der Waals surface area contributed by atoms with Gasteiger partial charge < -0.3 is 9.53 Å². The van der Waals surface area contributed by atoms with E-state index in [4.69, 9.17) is 4.74 Å². The molecule has 1 unspecified atom stereocenters. The molecular weight excluding hydrogens is 272 g/mol. The molecule has 0 amide bonds. The lowest BCUT2D eigenvalue weighted by Crippen LogP contribution is -2.11. The van der Waals surface area contributed by atoms with Crippen molar-refractivity contribution in [3.05, 3.63) is 65.2 Å². The van der Waals surface area contributed by atoms with Crippen LogP contribution in [0.2, 0.25) is 0 Å². The minimum Gasteiger partial charge on any atom is -0.496 e. The van der Waals surface area contributed by atoms with Gasteiger partial charge in [-0.1, -0.05) is 63.2 Å². The van der Waals surface area contributed by atoms with Crippen LogP contribution in [0.5, 0.6) is 5.75 Å². The predicted molar refractivity (Wildman–Crippen MR) is 90.6 cm³/mol. The smallest absolute Gasteiger partial charge is 0.127 e. The van der Waals surface area contributed by atoms with Crippen LogP contribution in [0.3, 0.4) is 0 Å². The Morgan fingerprint density at radius 2 is 1.68 bits per heavy atom. The molecule has 0 aliphatic heterocycles. The molecule has 0 aliphatic rings. The molecule has 0 radical (unpaired) electrons. The van der Waals surface area contributed by atoms with Gasteiger partial charge in [0, 0.05) is 11.5 Å². The number of benzene rings is 2. The number of ether oxygens (including phenoxy) is 1. The monoisotopic (exact) mass is 296 g/mol. The lowest BCUT2D eigenvalue weighted by Gasteiger charge is -2.20. The van der Waals surface area contributed by atoms with E-state index in [0.29, 0.717) is 6.42 Å². The second-order valence-corrected chi connectivity index (χ2v) is 6.64. The van der Waals surface area contributed by atoms with Gasteiger partial charge in [0.1, 0.15) is 12.0 Å². The predicted octanol–water partition coefficient (Wildman–Crippen LogP) is 4.52. The second kappa shape index (κ2) is 6.78. The zero-order chi connectivity index (χ0) is 16.2. The third kappa shape index (κ3) is 3.76. The van der Waals surface area contributed by atoms with Gasteiger partial charge in [-0.25, -0.2) is 0 Å². The van der Waals surface area contributed by atoms with Crippen molar-refractivity contribution in [3.63, 3.8) is 0 Å². The quantitative estimate of drug-likeness (QED) is 0.758. The van der Waals surface area contributed by atoms with Gasteiger partial charge in [0.2, 0.25) is 0 Å². The fraction of sp³-hybridized carbons (Fsp3) is 0.350. The molecule has 0 spiro atoms. The lowest BCUT2D eigenvalue weighted by molar-refractivity contribution is -0.109. The molecule has 0 aromatic heterocycles. The zero-order valence-electron chi connectivity index (χ0n) is 13.8. The molecule has 0 aliphatic carbocycles. The first-order valence-electron chi connectivity index (χ1n) is 7.63. The van der Waals surface area contributed by atoms with Gasteiger partial charge in [-0.2, -0.15) is 0 Å². The van der Waals surface area contributed by atoms with Crippen molar-refractivity contribution in [3.8, 4) is 5.75 Å². The number of aldehydes is 1. The summed E-state index contributed by atoms with van der Waals surface area (Å²) in [6, 6.07) is 16.3. The highest BCUT2D eigenvalue weighted by atomic mass is 16.5. The minimum absolute atomic E-state index is 0.144. The van der Waals surface area contributed by atoms with Gasteiger partial charge in [0.05, 0.1) is 7.11 Å². The molecule has 2 heteroatoms. The van der Waals surface area contributed by atoms with E-state index in [-0.39, 0.29) is 11.3 Å². The molecule has 2 nitrogen and oxygen atoms in total. The minimum atomic E-state index is -0.184. The van der Waals surface area contributed by atoms with E-state index in [0.717, 1.165) is 23.2 Å². The zero-order valence-corrected chi connectivity index (χ0v) is 13.8. The molecule has 0 bridgehead atoms. The Morgan fingerprint density at radius 3 is 2.23 bits per heavy atom. The van der Waals surface area contributed by atoms with Crippen molar-refractivity contribution in [1.29, 1.82) is 0 Å². The van der Waals surface area contributed by atoms with Gasteiger partial charge in [-0.05, 0) is 29.0 Å².